The van der Waals surface area contributed by atoms with Crippen LogP contribution in [0.2, 0.25) is 0 Å². The van der Waals surface area contributed by atoms with Gasteiger partial charge in [0, 0.05) is 32.2 Å². The number of sulfonamides is 1. The second-order valence-electron chi connectivity index (χ2n) is 5.58. The van der Waals surface area contributed by atoms with Crippen molar-refractivity contribution in [1.82, 2.24) is 9.21 Å². The highest BCUT2D eigenvalue weighted by molar-refractivity contribution is 7.89. The van der Waals surface area contributed by atoms with Crippen LogP contribution in [0.1, 0.15) is 18.4 Å². The van der Waals surface area contributed by atoms with E-state index in [1.807, 2.05) is 0 Å². The Balaban J connectivity index is 1.78. The summed E-state index contributed by atoms with van der Waals surface area (Å²) in [5, 5.41) is 0. The predicted octanol–water partition coefficient (Wildman–Crippen LogP) is 1.60. The first-order chi connectivity index (χ1) is 9.48. The molecule has 4 nitrogen and oxygen atoms in total. The maximum absolute atomic E-state index is 13.1. The summed E-state index contributed by atoms with van der Waals surface area (Å²) in [7, 11) is -3.50. The van der Waals surface area contributed by atoms with Gasteiger partial charge in [-0.05, 0) is 43.5 Å². The Bertz CT molecular complexity index is 606. The first kappa shape index (κ1) is 14.0. The van der Waals surface area contributed by atoms with Gasteiger partial charge in [-0.3, -0.25) is 4.90 Å². The largest absolute Gasteiger partial charge is 0.298 e. The first-order valence-electron chi connectivity index (χ1n) is 6.99. The van der Waals surface area contributed by atoms with Crippen molar-refractivity contribution in [2.45, 2.75) is 30.7 Å². The Hall–Kier alpha value is -0.980. The quantitative estimate of drug-likeness (QED) is 0.851. The molecule has 1 aliphatic heterocycles. The zero-order valence-electron chi connectivity index (χ0n) is 11.5. The molecular formula is C14H19FN2O2S. The van der Waals surface area contributed by atoms with Crippen molar-refractivity contribution in [2.24, 2.45) is 0 Å². The van der Waals surface area contributed by atoms with Crippen molar-refractivity contribution in [3.8, 4) is 0 Å². The summed E-state index contributed by atoms with van der Waals surface area (Å²) in [5.41, 5.74) is 0.467. The fourth-order valence-electron chi connectivity index (χ4n) is 2.79. The Morgan fingerprint density at radius 2 is 1.80 bits per heavy atom. The van der Waals surface area contributed by atoms with Crippen LogP contribution in [-0.4, -0.2) is 49.8 Å². The molecule has 0 aromatic heterocycles. The van der Waals surface area contributed by atoms with Crippen molar-refractivity contribution in [2.75, 3.05) is 26.2 Å². The van der Waals surface area contributed by atoms with Gasteiger partial charge in [0.1, 0.15) is 5.82 Å². The lowest BCUT2D eigenvalue weighted by Crippen LogP contribution is -2.49. The highest BCUT2D eigenvalue weighted by atomic mass is 32.2. The standard InChI is InChI=1S/C14H19FN2O2S/c1-11-10-12(15)2-5-14(11)20(18,19)17-8-6-16(7-9-17)13-3-4-13/h2,5,10,13H,3-4,6-9H2,1H3. The molecule has 0 bridgehead atoms. The van der Waals surface area contributed by atoms with E-state index in [-0.39, 0.29) is 4.90 Å². The molecule has 20 heavy (non-hydrogen) atoms. The molecule has 3 rings (SSSR count). The minimum Gasteiger partial charge on any atom is -0.298 e. The van der Waals surface area contributed by atoms with Crippen molar-refractivity contribution in [3.05, 3.63) is 29.6 Å². The molecule has 6 heteroatoms. The minimum absolute atomic E-state index is 0.221. The molecule has 110 valence electrons. The number of nitrogens with zero attached hydrogens (tertiary/aromatic N) is 2. The topological polar surface area (TPSA) is 40.6 Å². The zero-order chi connectivity index (χ0) is 14.3. The molecule has 1 heterocycles. The Kier molecular flexibility index (Phi) is 3.56. The van der Waals surface area contributed by atoms with Crippen molar-refractivity contribution >= 4 is 10.0 Å². The summed E-state index contributed by atoms with van der Waals surface area (Å²) in [6, 6.07) is 4.52. The molecule has 1 aromatic carbocycles. The third-order valence-corrected chi connectivity index (χ3v) is 6.15. The molecule has 0 unspecified atom stereocenters. The van der Waals surface area contributed by atoms with Gasteiger partial charge < -0.3 is 0 Å². The lowest BCUT2D eigenvalue weighted by atomic mass is 10.2. The number of benzene rings is 1. The Morgan fingerprint density at radius 3 is 2.35 bits per heavy atom. The fraction of sp³-hybridized carbons (Fsp3) is 0.571. The SMILES string of the molecule is Cc1cc(F)ccc1S(=O)(=O)N1CCN(C2CC2)CC1. The van der Waals surface area contributed by atoms with Gasteiger partial charge in [-0.25, -0.2) is 12.8 Å². The number of hydrogen-bond acceptors (Lipinski definition) is 3. The number of piperazine rings is 1. The van der Waals surface area contributed by atoms with E-state index in [4.69, 9.17) is 0 Å². The van der Waals surface area contributed by atoms with Crippen molar-refractivity contribution in [1.29, 1.82) is 0 Å². The van der Waals surface area contributed by atoms with Gasteiger partial charge in [-0.2, -0.15) is 4.31 Å². The molecule has 1 saturated carbocycles. The van der Waals surface area contributed by atoms with Crippen LogP contribution in [0.5, 0.6) is 0 Å². The molecule has 2 aliphatic rings. The summed E-state index contributed by atoms with van der Waals surface area (Å²) >= 11 is 0. The number of aryl methyl sites for hydroxylation is 1. The monoisotopic (exact) mass is 298 g/mol. The fourth-order valence-corrected chi connectivity index (χ4v) is 4.42. The summed E-state index contributed by atoms with van der Waals surface area (Å²) < 4.78 is 39.8. The molecule has 1 aliphatic carbocycles. The van der Waals surface area contributed by atoms with E-state index in [0.717, 1.165) is 13.1 Å². The molecule has 0 radical (unpaired) electrons. The summed E-state index contributed by atoms with van der Waals surface area (Å²) in [5.74, 6) is -0.403. The van der Waals surface area contributed by atoms with Gasteiger partial charge in [0.2, 0.25) is 10.0 Å². The van der Waals surface area contributed by atoms with Gasteiger partial charge in [0.15, 0.2) is 0 Å². The van der Waals surface area contributed by atoms with Gasteiger partial charge in [-0.15, -0.1) is 0 Å². The van der Waals surface area contributed by atoms with Gasteiger partial charge in [-0.1, -0.05) is 0 Å². The van der Waals surface area contributed by atoms with Gasteiger partial charge in [0.25, 0.3) is 0 Å². The van der Waals surface area contributed by atoms with Crippen LogP contribution < -0.4 is 0 Å². The smallest absolute Gasteiger partial charge is 0.243 e. The highest BCUT2D eigenvalue weighted by Gasteiger charge is 2.35. The van der Waals surface area contributed by atoms with E-state index in [0.29, 0.717) is 24.7 Å². The lowest BCUT2D eigenvalue weighted by Gasteiger charge is -2.34. The average molecular weight is 298 g/mol. The molecule has 0 atom stereocenters. The molecule has 0 amide bonds. The van der Waals surface area contributed by atoms with Crippen LogP contribution >= 0.6 is 0 Å². The van der Waals surface area contributed by atoms with Crippen molar-refractivity contribution in [3.63, 3.8) is 0 Å². The summed E-state index contributed by atoms with van der Waals surface area (Å²) in [6.07, 6.45) is 2.48. The maximum Gasteiger partial charge on any atom is 0.243 e. The predicted molar refractivity (Wildman–Crippen MR) is 74.5 cm³/mol. The number of rotatable bonds is 3. The van der Waals surface area contributed by atoms with E-state index in [1.165, 1.54) is 35.3 Å². The van der Waals surface area contributed by atoms with Crippen LogP contribution in [0.3, 0.4) is 0 Å². The zero-order valence-corrected chi connectivity index (χ0v) is 12.4. The second-order valence-corrected chi connectivity index (χ2v) is 7.49. The van der Waals surface area contributed by atoms with Crippen molar-refractivity contribution < 1.29 is 12.8 Å². The second kappa shape index (κ2) is 5.09. The van der Waals surface area contributed by atoms with Gasteiger partial charge >= 0.3 is 0 Å². The van der Waals surface area contributed by atoms with Crippen LogP contribution in [0.25, 0.3) is 0 Å². The van der Waals surface area contributed by atoms with Crippen LogP contribution in [0.15, 0.2) is 23.1 Å². The average Bonchev–Trinajstić information content (AvgIpc) is 3.22. The van der Waals surface area contributed by atoms with Crippen LogP contribution in [0.4, 0.5) is 4.39 Å². The number of hydrogen-bond donors (Lipinski definition) is 0. The Morgan fingerprint density at radius 1 is 1.15 bits per heavy atom. The molecular weight excluding hydrogens is 279 g/mol. The van der Waals surface area contributed by atoms with E-state index >= 15 is 0 Å². The van der Waals surface area contributed by atoms with Crippen LogP contribution in [-0.2, 0) is 10.0 Å². The number of halogens is 1. The first-order valence-corrected chi connectivity index (χ1v) is 8.43. The highest BCUT2D eigenvalue weighted by Crippen LogP contribution is 2.29. The molecule has 0 spiro atoms. The van der Waals surface area contributed by atoms with E-state index in [9.17, 15) is 12.8 Å². The minimum atomic E-state index is -3.50. The van der Waals surface area contributed by atoms with E-state index in [2.05, 4.69) is 4.90 Å². The molecule has 2 fully saturated rings. The third-order valence-electron chi connectivity index (χ3n) is 4.09. The van der Waals surface area contributed by atoms with E-state index in [1.54, 1.807) is 6.92 Å². The normalized spacial score (nSPS) is 22.1. The van der Waals surface area contributed by atoms with Gasteiger partial charge in [0.05, 0.1) is 4.90 Å². The molecule has 0 N–H and O–H groups in total. The Labute approximate surface area is 119 Å². The van der Waals surface area contributed by atoms with E-state index < -0.39 is 15.8 Å². The summed E-state index contributed by atoms with van der Waals surface area (Å²) in [4.78, 5) is 2.59. The maximum atomic E-state index is 13.1. The van der Waals surface area contributed by atoms with Crippen LogP contribution in [0, 0.1) is 12.7 Å². The third kappa shape index (κ3) is 2.60. The summed E-state index contributed by atoms with van der Waals surface area (Å²) in [6.45, 7) is 4.27. The molecule has 1 aromatic rings. The lowest BCUT2D eigenvalue weighted by molar-refractivity contribution is 0.180. The molecule has 1 saturated heterocycles.